The van der Waals surface area contributed by atoms with Crippen LogP contribution in [0.3, 0.4) is 0 Å². The highest BCUT2D eigenvalue weighted by Crippen LogP contribution is 2.34. The van der Waals surface area contributed by atoms with Crippen molar-refractivity contribution in [2.75, 3.05) is 0 Å². The molecule has 2 atom stereocenters. The number of aryl methyl sites for hydroxylation is 1. The summed E-state index contributed by atoms with van der Waals surface area (Å²) in [5.74, 6) is 2.92. The molecule has 1 aliphatic carbocycles. The standard InChI is InChI=1S/C11H20N4/c1-4-5-9-6-10(9)12-7-11-14-13-8(2)15(11)3/h9-10,12H,4-7H2,1-3H3. The number of aromatic nitrogens is 3. The van der Waals surface area contributed by atoms with Gasteiger partial charge in [0.05, 0.1) is 6.54 Å². The molecule has 1 N–H and O–H groups in total. The van der Waals surface area contributed by atoms with Crippen LogP contribution in [0.5, 0.6) is 0 Å². The molecular formula is C11H20N4. The summed E-state index contributed by atoms with van der Waals surface area (Å²) in [7, 11) is 2.02. The lowest BCUT2D eigenvalue weighted by Gasteiger charge is -2.03. The summed E-state index contributed by atoms with van der Waals surface area (Å²) in [6.45, 7) is 5.08. The van der Waals surface area contributed by atoms with Crippen molar-refractivity contribution < 1.29 is 0 Å². The predicted octanol–water partition coefficient (Wildman–Crippen LogP) is 1.40. The van der Waals surface area contributed by atoms with Gasteiger partial charge in [-0.3, -0.25) is 0 Å². The molecule has 0 amide bonds. The Bertz CT molecular complexity index is 331. The van der Waals surface area contributed by atoms with Gasteiger partial charge in [-0.2, -0.15) is 0 Å². The number of nitrogens with zero attached hydrogens (tertiary/aromatic N) is 3. The molecule has 2 unspecified atom stereocenters. The van der Waals surface area contributed by atoms with Crippen LogP contribution < -0.4 is 5.32 Å². The van der Waals surface area contributed by atoms with Gasteiger partial charge in [0.2, 0.25) is 0 Å². The Morgan fingerprint density at radius 3 is 2.87 bits per heavy atom. The molecule has 0 aliphatic heterocycles. The first-order valence-electron chi connectivity index (χ1n) is 5.80. The maximum atomic E-state index is 4.14. The molecule has 0 saturated heterocycles. The molecule has 1 heterocycles. The molecule has 4 heteroatoms. The Morgan fingerprint density at radius 2 is 2.27 bits per heavy atom. The van der Waals surface area contributed by atoms with Gasteiger partial charge in [0.1, 0.15) is 11.6 Å². The van der Waals surface area contributed by atoms with Crippen LogP contribution in [0.2, 0.25) is 0 Å². The summed E-state index contributed by atoms with van der Waals surface area (Å²) in [5.41, 5.74) is 0. The number of rotatable bonds is 5. The van der Waals surface area contributed by atoms with E-state index in [1.807, 2.05) is 18.5 Å². The average molecular weight is 208 g/mol. The molecule has 2 rings (SSSR count). The van der Waals surface area contributed by atoms with Gasteiger partial charge < -0.3 is 9.88 Å². The van der Waals surface area contributed by atoms with Crippen LogP contribution in [0.4, 0.5) is 0 Å². The fraction of sp³-hybridized carbons (Fsp3) is 0.818. The van der Waals surface area contributed by atoms with Crippen molar-refractivity contribution in [3.8, 4) is 0 Å². The maximum absolute atomic E-state index is 4.14. The molecule has 0 radical (unpaired) electrons. The molecule has 0 bridgehead atoms. The quantitative estimate of drug-likeness (QED) is 0.795. The zero-order valence-electron chi connectivity index (χ0n) is 9.82. The molecule has 1 aromatic rings. The summed E-state index contributed by atoms with van der Waals surface area (Å²) in [6, 6.07) is 0.724. The van der Waals surface area contributed by atoms with Crippen LogP contribution in [0.25, 0.3) is 0 Å². The van der Waals surface area contributed by atoms with Crippen LogP contribution in [0.1, 0.15) is 37.8 Å². The van der Waals surface area contributed by atoms with Crippen LogP contribution in [0.15, 0.2) is 0 Å². The van der Waals surface area contributed by atoms with E-state index in [-0.39, 0.29) is 0 Å². The molecule has 84 valence electrons. The topological polar surface area (TPSA) is 42.7 Å². The van der Waals surface area contributed by atoms with E-state index in [0.29, 0.717) is 0 Å². The Balaban J connectivity index is 1.77. The van der Waals surface area contributed by atoms with E-state index < -0.39 is 0 Å². The van der Waals surface area contributed by atoms with Gasteiger partial charge >= 0.3 is 0 Å². The third-order valence-electron chi connectivity index (χ3n) is 3.29. The second-order valence-electron chi connectivity index (χ2n) is 4.49. The number of hydrogen-bond acceptors (Lipinski definition) is 3. The van der Waals surface area contributed by atoms with Crippen LogP contribution in [0, 0.1) is 12.8 Å². The molecule has 1 fully saturated rings. The average Bonchev–Trinajstić information content (AvgIpc) is 2.88. The van der Waals surface area contributed by atoms with Crippen molar-refractivity contribution in [2.24, 2.45) is 13.0 Å². The third-order valence-corrected chi connectivity index (χ3v) is 3.29. The van der Waals surface area contributed by atoms with Gasteiger partial charge in [-0.15, -0.1) is 10.2 Å². The molecule has 1 saturated carbocycles. The SMILES string of the molecule is CCCC1CC1NCc1nnc(C)n1C. The Kier molecular flexibility index (Phi) is 3.05. The number of hydrogen-bond donors (Lipinski definition) is 1. The van der Waals surface area contributed by atoms with E-state index in [1.165, 1.54) is 19.3 Å². The van der Waals surface area contributed by atoms with Crippen LogP contribution in [-0.4, -0.2) is 20.8 Å². The molecule has 1 aliphatic rings. The van der Waals surface area contributed by atoms with E-state index in [1.54, 1.807) is 0 Å². The van der Waals surface area contributed by atoms with E-state index in [2.05, 4.69) is 22.4 Å². The molecule has 4 nitrogen and oxygen atoms in total. The van der Waals surface area contributed by atoms with Gasteiger partial charge in [0.25, 0.3) is 0 Å². The van der Waals surface area contributed by atoms with Crippen molar-refractivity contribution >= 4 is 0 Å². The first kappa shape index (κ1) is 10.6. The summed E-state index contributed by atoms with van der Waals surface area (Å²) in [5, 5.41) is 11.7. The lowest BCUT2D eigenvalue weighted by atomic mass is 10.2. The zero-order chi connectivity index (χ0) is 10.8. The fourth-order valence-electron chi connectivity index (χ4n) is 2.01. The smallest absolute Gasteiger partial charge is 0.146 e. The maximum Gasteiger partial charge on any atom is 0.146 e. The molecule has 0 spiro atoms. The first-order valence-corrected chi connectivity index (χ1v) is 5.80. The first-order chi connectivity index (χ1) is 7.22. The fourth-order valence-corrected chi connectivity index (χ4v) is 2.01. The van der Waals surface area contributed by atoms with Crippen molar-refractivity contribution in [3.05, 3.63) is 11.6 Å². The lowest BCUT2D eigenvalue weighted by molar-refractivity contribution is 0.576. The second-order valence-corrected chi connectivity index (χ2v) is 4.49. The highest BCUT2D eigenvalue weighted by molar-refractivity contribution is 4.97. The monoisotopic (exact) mass is 208 g/mol. The van der Waals surface area contributed by atoms with E-state index in [4.69, 9.17) is 0 Å². The minimum atomic E-state index is 0.724. The van der Waals surface area contributed by atoms with E-state index in [9.17, 15) is 0 Å². The number of nitrogens with one attached hydrogen (secondary N) is 1. The van der Waals surface area contributed by atoms with Crippen LogP contribution in [-0.2, 0) is 13.6 Å². The van der Waals surface area contributed by atoms with Crippen molar-refractivity contribution in [1.82, 2.24) is 20.1 Å². The van der Waals surface area contributed by atoms with Crippen molar-refractivity contribution in [1.29, 1.82) is 0 Å². The normalized spacial score (nSPS) is 24.5. The van der Waals surface area contributed by atoms with Gasteiger partial charge in [-0.1, -0.05) is 13.3 Å². The Hall–Kier alpha value is -0.900. The molecular weight excluding hydrogens is 188 g/mol. The summed E-state index contributed by atoms with van der Waals surface area (Å²) < 4.78 is 2.05. The van der Waals surface area contributed by atoms with Crippen molar-refractivity contribution in [2.45, 2.75) is 45.7 Å². The van der Waals surface area contributed by atoms with E-state index in [0.717, 1.165) is 30.2 Å². The van der Waals surface area contributed by atoms with Gasteiger partial charge in [0.15, 0.2) is 0 Å². The Labute approximate surface area is 91.1 Å². The molecule has 0 aromatic carbocycles. The van der Waals surface area contributed by atoms with Gasteiger partial charge in [-0.05, 0) is 25.7 Å². The third kappa shape index (κ3) is 2.37. The predicted molar refractivity (Wildman–Crippen MR) is 59.4 cm³/mol. The minimum Gasteiger partial charge on any atom is -0.317 e. The lowest BCUT2D eigenvalue weighted by Crippen LogP contribution is -2.20. The second kappa shape index (κ2) is 4.31. The highest BCUT2D eigenvalue weighted by Gasteiger charge is 2.35. The summed E-state index contributed by atoms with van der Waals surface area (Å²) >= 11 is 0. The zero-order valence-corrected chi connectivity index (χ0v) is 9.82. The van der Waals surface area contributed by atoms with Gasteiger partial charge in [0, 0.05) is 13.1 Å². The van der Waals surface area contributed by atoms with Crippen LogP contribution >= 0.6 is 0 Å². The Morgan fingerprint density at radius 1 is 1.47 bits per heavy atom. The molecule has 15 heavy (non-hydrogen) atoms. The summed E-state index contributed by atoms with van der Waals surface area (Å²) in [6.07, 6.45) is 3.99. The van der Waals surface area contributed by atoms with Gasteiger partial charge in [-0.25, -0.2) is 0 Å². The molecule has 1 aromatic heterocycles. The summed E-state index contributed by atoms with van der Waals surface area (Å²) in [4.78, 5) is 0. The highest BCUT2D eigenvalue weighted by atomic mass is 15.3. The van der Waals surface area contributed by atoms with E-state index >= 15 is 0 Å². The van der Waals surface area contributed by atoms with Crippen molar-refractivity contribution in [3.63, 3.8) is 0 Å². The minimum absolute atomic E-state index is 0.724. The largest absolute Gasteiger partial charge is 0.317 e.